The maximum Gasteiger partial charge on any atom is 0.245 e. The minimum absolute atomic E-state index is 0.0160. The van der Waals surface area contributed by atoms with Crippen LogP contribution < -0.4 is 3.93 Å². The van der Waals surface area contributed by atoms with Crippen LogP contribution in [0.1, 0.15) is 17.0 Å². The molecule has 0 aromatic heterocycles. The minimum atomic E-state index is -0.208. The average molecular weight is 371 g/mol. The van der Waals surface area contributed by atoms with Crippen LogP contribution in [-0.4, -0.2) is 5.91 Å². The van der Waals surface area contributed by atoms with Gasteiger partial charge in [-0.3, -0.25) is 4.79 Å². The van der Waals surface area contributed by atoms with Crippen molar-refractivity contribution < 1.29 is 4.79 Å². The molecule has 0 bridgehead atoms. The summed E-state index contributed by atoms with van der Waals surface area (Å²) in [6.07, 6.45) is 0.621. The van der Waals surface area contributed by atoms with Gasteiger partial charge in [-0.15, -0.1) is 0 Å². The summed E-state index contributed by atoms with van der Waals surface area (Å²) >= 11 is 15.3. The van der Waals surface area contributed by atoms with E-state index in [2.05, 4.69) is 16.1 Å². The van der Waals surface area contributed by atoms with Crippen LogP contribution in [-0.2, 0) is 11.2 Å². The normalized spacial score (nSPS) is 17.4. The van der Waals surface area contributed by atoms with Crippen molar-refractivity contribution in [2.75, 3.05) is 3.93 Å². The summed E-state index contributed by atoms with van der Waals surface area (Å²) in [7, 11) is 0. The molecule has 1 atom stereocenters. The van der Waals surface area contributed by atoms with E-state index in [1.807, 2.05) is 36.4 Å². The van der Waals surface area contributed by atoms with E-state index in [1.54, 1.807) is 6.07 Å². The van der Waals surface area contributed by atoms with Crippen LogP contribution in [0.5, 0.6) is 0 Å². The number of hydrogen-bond donors (Lipinski definition) is 0. The summed E-state index contributed by atoms with van der Waals surface area (Å²) in [5.74, 6) is -0.192. The Labute approximate surface area is 135 Å². The standard InChI is InChI=1S/C15H10BrCl2NO/c16-19-14-8-11(18)4-5-12(14)13(15(19)20)7-9-2-1-3-10(17)6-9/h1-6,8,13H,7H2. The summed E-state index contributed by atoms with van der Waals surface area (Å²) in [5.41, 5.74) is 2.84. The molecule has 0 spiro atoms. The first-order valence-corrected chi connectivity index (χ1v) is 7.56. The molecule has 0 saturated carbocycles. The Bertz CT molecular complexity index is 689. The van der Waals surface area contributed by atoms with E-state index in [9.17, 15) is 4.79 Å². The largest absolute Gasteiger partial charge is 0.273 e. The van der Waals surface area contributed by atoms with Gasteiger partial charge in [-0.2, -0.15) is 0 Å². The third-order valence-corrected chi connectivity index (χ3v) is 4.60. The van der Waals surface area contributed by atoms with Crippen LogP contribution in [0.25, 0.3) is 0 Å². The van der Waals surface area contributed by atoms with Crippen molar-refractivity contribution >= 4 is 50.9 Å². The van der Waals surface area contributed by atoms with E-state index in [4.69, 9.17) is 23.2 Å². The maximum absolute atomic E-state index is 12.4. The van der Waals surface area contributed by atoms with Crippen molar-refractivity contribution in [3.05, 3.63) is 63.6 Å². The molecule has 5 heteroatoms. The summed E-state index contributed by atoms with van der Waals surface area (Å²) in [5, 5.41) is 1.30. The molecule has 0 saturated heterocycles. The van der Waals surface area contributed by atoms with Gasteiger partial charge in [-0.1, -0.05) is 41.4 Å². The van der Waals surface area contributed by atoms with Crippen LogP contribution in [0.3, 0.4) is 0 Å². The molecule has 0 fully saturated rings. The van der Waals surface area contributed by atoms with Crippen LogP contribution in [0.15, 0.2) is 42.5 Å². The number of hydrogen-bond acceptors (Lipinski definition) is 1. The van der Waals surface area contributed by atoms with Gasteiger partial charge in [0.2, 0.25) is 5.91 Å². The Hall–Kier alpha value is -1.03. The van der Waals surface area contributed by atoms with Crippen molar-refractivity contribution in [3.63, 3.8) is 0 Å². The van der Waals surface area contributed by atoms with E-state index in [-0.39, 0.29) is 11.8 Å². The molecule has 1 unspecified atom stereocenters. The van der Waals surface area contributed by atoms with Crippen molar-refractivity contribution in [1.29, 1.82) is 0 Å². The second-order valence-electron chi connectivity index (χ2n) is 4.71. The highest BCUT2D eigenvalue weighted by molar-refractivity contribution is 9.10. The zero-order valence-electron chi connectivity index (χ0n) is 10.3. The first-order chi connectivity index (χ1) is 9.56. The number of amides is 1. The molecule has 2 aromatic carbocycles. The summed E-state index contributed by atoms with van der Waals surface area (Å²) in [4.78, 5) is 12.4. The van der Waals surface area contributed by atoms with Crippen LogP contribution in [0.2, 0.25) is 10.0 Å². The highest BCUT2D eigenvalue weighted by atomic mass is 79.9. The SMILES string of the molecule is O=C1C(Cc2cccc(Cl)c2)c2ccc(Cl)cc2N1Br. The lowest BCUT2D eigenvalue weighted by molar-refractivity contribution is -0.118. The molecule has 20 heavy (non-hydrogen) atoms. The third-order valence-electron chi connectivity index (χ3n) is 3.40. The molecule has 3 rings (SSSR count). The third kappa shape index (κ3) is 2.46. The van der Waals surface area contributed by atoms with Gasteiger partial charge < -0.3 is 0 Å². The number of anilines is 1. The predicted octanol–water partition coefficient (Wildman–Crippen LogP) is 4.98. The number of nitrogens with zero attached hydrogens (tertiary/aromatic N) is 1. The van der Waals surface area contributed by atoms with Crippen LogP contribution >= 0.6 is 39.3 Å². The molecule has 102 valence electrons. The number of carbonyl (C=O) groups excluding carboxylic acids is 1. The number of carbonyl (C=O) groups is 1. The lowest BCUT2D eigenvalue weighted by atomic mass is 9.93. The van der Waals surface area contributed by atoms with Gasteiger partial charge in [0.1, 0.15) is 0 Å². The van der Waals surface area contributed by atoms with Gasteiger partial charge in [0.25, 0.3) is 0 Å². The molecule has 1 aliphatic rings. The van der Waals surface area contributed by atoms with Gasteiger partial charge in [-0.05, 0) is 41.8 Å². The molecular weight excluding hydrogens is 361 g/mol. The molecular formula is C15H10BrCl2NO. The smallest absolute Gasteiger partial charge is 0.245 e. The van der Waals surface area contributed by atoms with Crippen molar-refractivity contribution in [1.82, 2.24) is 0 Å². The first-order valence-electron chi connectivity index (χ1n) is 6.10. The zero-order chi connectivity index (χ0) is 14.3. The number of fused-ring (bicyclic) bond motifs is 1. The Morgan fingerprint density at radius 1 is 1.10 bits per heavy atom. The van der Waals surface area contributed by atoms with E-state index < -0.39 is 0 Å². The number of rotatable bonds is 2. The van der Waals surface area contributed by atoms with E-state index in [0.29, 0.717) is 16.5 Å². The van der Waals surface area contributed by atoms with Gasteiger partial charge in [0.05, 0.1) is 27.8 Å². The van der Waals surface area contributed by atoms with Gasteiger partial charge >= 0.3 is 0 Å². The predicted molar refractivity (Wildman–Crippen MR) is 85.8 cm³/mol. The molecule has 2 nitrogen and oxygen atoms in total. The van der Waals surface area contributed by atoms with Crippen LogP contribution in [0.4, 0.5) is 5.69 Å². The fourth-order valence-corrected chi connectivity index (χ4v) is 3.40. The fourth-order valence-electron chi connectivity index (χ4n) is 2.47. The fraction of sp³-hybridized carbons (Fsp3) is 0.133. The Balaban J connectivity index is 1.97. The second-order valence-corrected chi connectivity index (χ2v) is 6.29. The average Bonchev–Trinajstić information content (AvgIpc) is 2.64. The molecule has 0 N–H and O–H groups in total. The highest BCUT2D eigenvalue weighted by Crippen LogP contribution is 2.42. The van der Waals surface area contributed by atoms with E-state index in [0.717, 1.165) is 16.8 Å². The van der Waals surface area contributed by atoms with Gasteiger partial charge in [0, 0.05) is 10.0 Å². The molecule has 0 aliphatic carbocycles. The number of halogens is 3. The molecule has 1 amide bonds. The Kier molecular flexibility index (Phi) is 3.76. The lowest BCUT2D eigenvalue weighted by Crippen LogP contribution is -2.19. The second kappa shape index (κ2) is 5.40. The quantitative estimate of drug-likeness (QED) is 0.683. The monoisotopic (exact) mass is 369 g/mol. The zero-order valence-corrected chi connectivity index (χ0v) is 13.4. The molecule has 0 radical (unpaired) electrons. The Morgan fingerprint density at radius 2 is 1.85 bits per heavy atom. The topological polar surface area (TPSA) is 20.3 Å². The van der Waals surface area contributed by atoms with Gasteiger partial charge in [-0.25, -0.2) is 3.93 Å². The summed E-state index contributed by atoms with van der Waals surface area (Å²) in [6.45, 7) is 0. The summed E-state index contributed by atoms with van der Waals surface area (Å²) in [6, 6.07) is 13.1. The highest BCUT2D eigenvalue weighted by Gasteiger charge is 2.36. The molecule has 1 heterocycles. The lowest BCUT2D eigenvalue weighted by Gasteiger charge is -2.10. The molecule has 2 aromatic rings. The van der Waals surface area contributed by atoms with Crippen LogP contribution in [0, 0.1) is 0 Å². The van der Waals surface area contributed by atoms with Crippen molar-refractivity contribution in [2.45, 2.75) is 12.3 Å². The van der Waals surface area contributed by atoms with Crippen molar-refractivity contribution in [3.8, 4) is 0 Å². The van der Waals surface area contributed by atoms with E-state index >= 15 is 0 Å². The van der Waals surface area contributed by atoms with E-state index in [1.165, 1.54) is 3.93 Å². The molecule has 1 aliphatic heterocycles. The summed E-state index contributed by atoms with van der Waals surface area (Å²) < 4.78 is 1.49. The van der Waals surface area contributed by atoms with Crippen molar-refractivity contribution in [2.24, 2.45) is 0 Å². The van der Waals surface area contributed by atoms with Gasteiger partial charge in [0.15, 0.2) is 0 Å². The first kappa shape index (κ1) is 13.9. The minimum Gasteiger partial charge on any atom is -0.273 e. The Morgan fingerprint density at radius 3 is 2.60 bits per heavy atom. The maximum atomic E-state index is 12.4. The number of benzene rings is 2.